The van der Waals surface area contributed by atoms with Crippen molar-refractivity contribution in [3.05, 3.63) is 35.9 Å². The Morgan fingerprint density at radius 2 is 1.62 bits per heavy atom. The number of amides is 2. The van der Waals surface area contributed by atoms with Gasteiger partial charge in [0.1, 0.15) is 0 Å². The van der Waals surface area contributed by atoms with Gasteiger partial charge in [-0.15, -0.1) is 10.2 Å². The number of amidine groups is 2. The van der Waals surface area contributed by atoms with Crippen LogP contribution in [0.1, 0.15) is 24.8 Å². The first-order chi connectivity index (χ1) is 11.6. The normalized spacial score (nSPS) is 15.9. The molecule has 2 amide bonds. The van der Waals surface area contributed by atoms with Gasteiger partial charge in [0.15, 0.2) is 0 Å². The fraction of sp³-hybridized carbons (Fsp3) is 0.375. The van der Waals surface area contributed by atoms with Gasteiger partial charge in [-0.3, -0.25) is 9.59 Å². The summed E-state index contributed by atoms with van der Waals surface area (Å²) in [4.78, 5) is 25.5. The van der Waals surface area contributed by atoms with Crippen LogP contribution in [-0.2, 0) is 16.1 Å². The summed E-state index contributed by atoms with van der Waals surface area (Å²) in [6, 6.07) is 9.38. The summed E-state index contributed by atoms with van der Waals surface area (Å²) < 4.78 is 0. The minimum atomic E-state index is -0.569. The van der Waals surface area contributed by atoms with Crippen molar-refractivity contribution in [1.29, 1.82) is 0 Å². The fourth-order valence-electron chi connectivity index (χ4n) is 2.32. The summed E-state index contributed by atoms with van der Waals surface area (Å²) in [6.07, 6.45) is 3.01. The second kappa shape index (κ2) is 8.66. The van der Waals surface area contributed by atoms with E-state index in [0.717, 1.165) is 24.8 Å². The van der Waals surface area contributed by atoms with Gasteiger partial charge >= 0.3 is 0 Å². The van der Waals surface area contributed by atoms with Crippen molar-refractivity contribution in [3.63, 3.8) is 0 Å². The molecule has 0 bridgehead atoms. The van der Waals surface area contributed by atoms with Crippen LogP contribution >= 0.6 is 0 Å². The number of hydrogen-bond donors (Lipinski definition) is 3. The lowest BCUT2D eigenvalue weighted by Gasteiger charge is -2.25. The Labute approximate surface area is 140 Å². The maximum absolute atomic E-state index is 12.1. The van der Waals surface area contributed by atoms with Crippen LogP contribution in [0.2, 0.25) is 0 Å². The first-order valence-electron chi connectivity index (χ1n) is 7.86. The number of nitrogens with two attached hydrogens (primary N) is 2. The molecule has 0 aliphatic carbocycles. The number of rotatable bonds is 3. The van der Waals surface area contributed by atoms with Gasteiger partial charge in [-0.1, -0.05) is 30.3 Å². The van der Waals surface area contributed by atoms with Gasteiger partial charge in [0.25, 0.3) is 11.8 Å². The molecular formula is C16H22N6O2. The van der Waals surface area contributed by atoms with Gasteiger partial charge in [0.05, 0.1) is 0 Å². The first kappa shape index (κ1) is 17.5. The van der Waals surface area contributed by atoms with Gasteiger partial charge in [-0.25, -0.2) is 0 Å². The van der Waals surface area contributed by atoms with Crippen LogP contribution < -0.4 is 16.8 Å². The first-order valence-corrected chi connectivity index (χ1v) is 7.86. The van der Waals surface area contributed by atoms with Crippen molar-refractivity contribution in [2.24, 2.45) is 21.7 Å². The fourth-order valence-corrected chi connectivity index (χ4v) is 2.32. The molecule has 0 saturated carbocycles. The number of likely N-dealkylation sites (tertiary alicyclic amines) is 1. The molecule has 1 aliphatic heterocycles. The molecule has 5 N–H and O–H groups in total. The zero-order valence-electron chi connectivity index (χ0n) is 13.4. The van der Waals surface area contributed by atoms with E-state index in [1.54, 1.807) is 4.90 Å². The highest BCUT2D eigenvalue weighted by molar-refractivity contribution is 6.39. The standard InChI is InChI=1S/C16H22N6O2/c17-13(15(23)19-11-12-7-3-1-4-8-12)20-21-14(18)16(24)22-9-5-2-6-10-22/h1,3-4,7-8H,2,5-6,9-11H2,(H2,17,20)(H2,18,21)(H,19,23). The second-order valence-electron chi connectivity index (χ2n) is 5.49. The molecule has 1 aromatic rings. The number of nitrogens with one attached hydrogen (secondary N) is 1. The van der Waals surface area contributed by atoms with Crippen molar-refractivity contribution in [1.82, 2.24) is 10.2 Å². The summed E-state index contributed by atoms with van der Waals surface area (Å²) in [5, 5.41) is 9.75. The highest BCUT2D eigenvalue weighted by Gasteiger charge is 2.19. The van der Waals surface area contributed by atoms with Gasteiger partial charge in [-0.2, -0.15) is 0 Å². The minimum Gasteiger partial charge on any atom is -0.378 e. The number of nitrogens with zero attached hydrogens (tertiary/aromatic N) is 3. The number of piperidine rings is 1. The Morgan fingerprint density at radius 3 is 2.29 bits per heavy atom. The van der Waals surface area contributed by atoms with Gasteiger partial charge in [0.2, 0.25) is 11.7 Å². The summed E-state index contributed by atoms with van der Waals surface area (Å²) >= 11 is 0. The molecule has 0 spiro atoms. The van der Waals surface area contributed by atoms with Gasteiger partial charge < -0.3 is 21.7 Å². The Kier molecular flexibility index (Phi) is 6.30. The van der Waals surface area contributed by atoms with E-state index in [0.29, 0.717) is 19.6 Å². The average molecular weight is 330 g/mol. The van der Waals surface area contributed by atoms with Crippen molar-refractivity contribution in [3.8, 4) is 0 Å². The van der Waals surface area contributed by atoms with E-state index < -0.39 is 5.91 Å². The number of carbonyl (C=O) groups excluding carboxylic acids is 2. The third-order valence-corrected chi connectivity index (χ3v) is 3.66. The molecule has 128 valence electrons. The molecule has 0 aromatic heterocycles. The van der Waals surface area contributed by atoms with E-state index in [-0.39, 0.29) is 17.6 Å². The molecule has 2 rings (SSSR count). The molecule has 0 radical (unpaired) electrons. The summed E-state index contributed by atoms with van der Waals surface area (Å²) in [5.41, 5.74) is 12.1. The van der Waals surface area contributed by atoms with Gasteiger partial charge in [0, 0.05) is 19.6 Å². The third kappa shape index (κ3) is 5.08. The average Bonchev–Trinajstić information content (AvgIpc) is 2.64. The summed E-state index contributed by atoms with van der Waals surface area (Å²) in [5.74, 6) is -1.56. The lowest BCUT2D eigenvalue weighted by molar-refractivity contribution is -0.125. The SMILES string of the molecule is N/C(=N\N=C(/N)C(=O)N1CCCCC1)C(=O)NCc1ccccc1. The Morgan fingerprint density at radius 1 is 1.00 bits per heavy atom. The van der Waals surface area contributed by atoms with E-state index in [1.807, 2.05) is 30.3 Å². The maximum atomic E-state index is 12.1. The molecule has 1 aromatic carbocycles. The van der Waals surface area contributed by atoms with Crippen molar-refractivity contribution < 1.29 is 9.59 Å². The smallest absolute Gasteiger partial charge is 0.290 e. The van der Waals surface area contributed by atoms with Crippen molar-refractivity contribution >= 4 is 23.5 Å². The second-order valence-corrected chi connectivity index (χ2v) is 5.49. The zero-order valence-corrected chi connectivity index (χ0v) is 13.4. The molecule has 0 unspecified atom stereocenters. The van der Waals surface area contributed by atoms with Crippen molar-refractivity contribution in [2.75, 3.05) is 13.1 Å². The van der Waals surface area contributed by atoms with Crippen LogP contribution in [0.25, 0.3) is 0 Å². The molecular weight excluding hydrogens is 308 g/mol. The minimum absolute atomic E-state index is 0.268. The van der Waals surface area contributed by atoms with E-state index in [4.69, 9.17) is 11.5 Å². The van der Waals surface area contributed by atoms with E-state index in [1.165, 1.54) is 0 Å². The van der Waals surface area contributed by atoms with Crippen LogP contribution in [0.5, 0.6) is 0 Å². The lowest BCUT2D eigenvalue weighted by atomic mass is 10.1. The summed E-state index contributed by atoms with van der Waals surface area (Å²) in [6.45, 7) is 1.64. The highest BCUT2D eigenvalue weighted by Crippen LogP contribution is 2.08. The molecule has 1 heterocycles. The van der Waals surface area contributed by atoms with E-state index >= 15 is 0 Å². The molecule has 1 saturated heterocycles. The monoisotopic (exact) mass is 330 g/mol. The van der Waals surface area contributed by atoms with Crippen LogP contribution in [0.3, 0.4) is 0 Å². The largest absolute Gasteiger partial charge is 0.378 e. The van der Waals surface area contributed by atoms with Gasteiger partial charge in [-0.05, 0) is 24.8 Å². The summed E-state index contributed by atoms with van der Waals surface area (Å²) in [7, 11) is 0. The molecule has 8 nitrogen and oxygen atoms in total. The Balaban J connectivity index is 1.88. The maximum Gasteiger partial charge on any atom is 0.290 e. The molecule has 1 aliphatic rings. The molecule has 1 fully saturated rings. The number of benzene rings is 1. The molecule has 0 atom stereocenters. The van der Waals surface area contributed by atoms with Crippen molar-refractivity contribution in [2.45, 2.75) is 25.8 Å². The predicted molar refractivity (Wildman–Crippen MR) is 92.0 cm³/mol. The predicted octanol–water partition coefficient (Wildman–Crippen LogP) is -0.0553. The van der Waals surface area contributed by atoms with Crippen LogP contribution in [-0.4, -0.2) is 41.5 Å². The van der Waals surface area contributed by atoms with E-state index in [2.05, 4.69) is 15.5 Å². The zero-order chi connectivity index (χ0) is 17.4. The Bertz CT molecular complexity index is 635. The van der Waals surface area contributed by atoms with Crippen LogP contribution in [0.4, 0.5) is 0 Å². The van der Waals surface area contributed by atoms with Crippen LogP contribution in [0, 0.1) is 0 Å². The third-order valence-electron chi connectivity index (χ3n) is 3.66. The quantitative estimate of drug-likeness (QED) is 0.408. The number of carbonyl (C=O) groups is 2. The highest BCUT2D eigenvalue weighted by atomic mass is 16.2. The Hall–Kier alpha value is -2.90. The lowest BCUT2D eigenvalue weighted by Crippen LogP contribution is -2.43. The van der Waals surface area contributed by atoms with E-state index in [9.17, 15) is 9.59 Å². The topological polar surface area (TPSA) is 126 Å². The molecule has 8 heteroatoms. The van der Waals surface area contributed by atoms with Crippen LogP contribution in [0.15, 0.2) is 40.5 Å². The molecule has 24 heavy (non-hydrogen) atoms. The number of hydrogen-bond acceptors (Lipinski definition) is 4.